The maximum atomic E-state index is 13.9. The molecule has 0 aliphatic heterocycles. The molecule has 7 nitrogen and oxygen atoms in total. The van der Waals surface area contributed by atoms with E-state index in [4.69, 9.17) is 0 Å². The molecule has 0 aliphatic rings. The van der Waals surface area contributed by atoms with Gasteiger partial charge in [0.05, 0.1) is 10.6 Å². The number of hydrogen-bond acceptors (Lipinski definition) is 4. The van der Waals surface area contributed by atoms with Crippen molar-refractivity contribution in [2.24, 2.45) is 0 Å². The molecule has 0 saturated heterocycles. The van der Waals surface area contributed by atoms with Crippen LogP contribution in [0.3, 0.4) is 0 Å². The minimum Gasteiger partial charge on any atom is -0.352 e. The number of hydrogen-bond donors (Lipinski definition) is 1. The van der Waals surface area contributed by atoms with Crippen LogP contribution >= 0.6 is 15.9 Å². The third-order valence-electron chi connectivity index (χ3n) is 6.33. The molecule has 0 heterocycles. The number of halogens is 1. The van der Waals surface area contributed by atoms with E-state index >= 15 is 0 Å². The minimum atomic E-state index is -4.07. The predicted molar refractivity (Wildman–Crippen MR) is 154 cm³/mol. The molecule has 0 aromatic heterocycles. The first-order chi connectivity index (χ1) is 18.0. The zero-order chi connectivity index (χ0) is 27.9. The summed E-state index contributed by atoms with van der Waals surface area (Å²) < 4.78 is 29.3. The van der Waals surface area contributed by atoms with Crippen molar-refractivity contribution in [3.05, 3.63) is 94.5 Å². The number of anilines is 1. The lowest BCUT2D eigenvalue weighted by molar-refractivity contribution is -0.139. The van der Waals surface area contributed by atoms with Crippen LogP contribution in [0.5, 0.6) is 0 Å². The van der Waals surface area contributed by atoms with Crippen molar-refractivity contribution in [1.82, 2.24) is 10.2 Å². The van der Waals surface area contributed by atoms with Crippen LogP contribution in [0.2, 0.25) is 0 Å². The first-order valence-electron chi connectivity index (χ1n) is 12.5. The van der Waals surface area contributed by atoms with Crippen LogP contribution in [0.25, 0.3) is 0 Å². The van der Waals surface area contributed by atoms with Crippen molar-refractivity contribution >= 4 is 43.5 Å². The summed E-state index contributed by atoms with van der Waals surface area (Å²) in [6.45, 7) is 7.19. The number of sulfonamides is 1. The van der Waals surface area contributed by atoms with Crippen molar-refractivity contribution in [3.63, 3.8) is 0 Å². The van der Waals surface area contributed by atoms with Gasteiger partial charge in [0.15, 0.2) is 0 Å². The molecule has 0 saturated carbocycles. The van der Waals surface area contributed by atoms with E-state index in [1.165, 1.54) is 17.0 Å². The highest BCUT2D eigenvalue weighted by Crippen LogP contribution is 2.26. The molecule has 0 aliphatic carbocycles. The highest BCUT2D eigenvalue weighted by atomic mass is 79.9. The SMILES string of the molecule is CCC(C)NC(=O)C(C)N(Cc1cccc(C)c1)C(=O)CN(c1ccc(Br)cc1)S(=O)(=O)c1ccccc1. The Balaban J connectivity index is 2.01. The number of amides is 2. The number of rotatable bonds is 11. The summed E-state index contributed by atoms with van der Waals surface area (Å²) in [5.41, 5.74) is 2.22. The second kappa shape index (κ2) is 13.1. The van der Waals surface area contributed by atoms with Gasteiger partial charge in [-0.25, -0.2) is 8.42 Å². The van der Waals surface area contributed by atoms with Crippen molar-refractivity contribution in [3.8, 4) is 0 Å². The first-order valence-corrected chi connectivity index (χ1v) is 14.7. The highest BCUT2D eigenvalue weighted by Gasteiger charge is 2.32. The van der Waals surface area contributed by atoms with Crippen LogP contribution in [-0.2, 0) is 26.2 Å². The molecular weight excluding hydrogens is 566 g/mol. The van der Waals surface area contributed by atoms with Gasteiger partial charge in [-0.3, -0.25) is 13.9 Å². The molecule has 2 atom stereocenters. The number of carbonyl (C=O) groups is 2. The summed E-state index contributed by atoms with van der Waals surface area (Å²) >= 11 is 3.38. The zero-order valence-corrected chi connectivity index (χ0v) is 24.5. The Morgan fingerprint density at radius 1 is 0.947 bits per heavy atom. The highest BCUT2D eigenvalue weighted by molar-refractivity contribution is 9.10. The van der Waals surface area contributed by atoms with E-state index in [0.717, 1.165) is 26.3 Å². The number of aryl methyl sites for hydroxylation is 1. The first kappa shape index (κ1) is 29.4. The van der Waals surface area contributed by atoms with E-state index in [1.807, 2.05) is 45.0 Å². The molecule has 3 aromatic carbocycles. The largest absolute Gasteiger partial charge is 0.352 e. The monoisotopic (exact) mass is 599 g/mol. The van der Waals surface area contributed by atoms with Crippen LogP contribution in [0.1, 0.15) is 38.3 Å². The van der Waals surface area contributed by atoms with Crippen LogP contribution < -0.4 is 9.62 Å². The smallest absolute Gasteiger partial charge is 0.264 e. The van der Waals surface area contributed by atoms with Crippen LogP contribution in [0, 0.1) is 6.92 Å². The fraction of sp³-hybridized carbons (Fsp3) is 0.310. The Kier molecular flexibility index (Phi) is 10.1. The van der Waals surface area contributed by atoms with Crippen molar-refractivity contribution in [2.45, 2.75) is 57.6 Å². The standard InChI is InChI=1S/C29H34BrN3O4S/c1-5-22(3)31-29(35)23(4)32(19-24-11-9-10-21(2)18-24)28(34)20-33(26-16-14-25(30)15-17-26)38(36,37)27-12-7-6-8-13-27/h6-18,22-23H,5,19-20H2,1-4H3,(H,31,35). The van der Waals surface area contributed by atoms with Crippen molar-refractivity contribution < 1.29 is 18.0 Å². The molecule has 202 valence electrons. The molecule has 0 spiro atoms. The molecule has 2 amide bonds. The van der Waals surface area contributed by atoms with E-state index < -0.39 is 28.5 Å². The lowest BCUT2D eigenvalue weighted by Gasteiger charge is -2.32. The van der Waals surface area contributed by atoms with Gasteiger partial charge in [0.2, 0.25) is 11.8 Å². The molecular formula is C29H34BrN3O4S. The lowest BCUT2D eigenvalue weighted by Crippen LogP contribution is -2.52. The number of benzene rings is 3. The van der Waals surface area contributed by atoms with Crippen molar-refractivity contribution in [2.75, 3.05) is 10.8 Å². The Morgan fingerprint density at radius 3 is 2.21 bits per heavy atom. The Bertz CT molecular complexity index is 1350. The van der Waals surface area contributed by atoms with Gasteiger partial charge in [-0.2, -0.15) is 0 Å². The molecule has 0 radical (unpaired) electrons. The molecule has 3 rings (SSSR count). The Labute approximate surface area is 234 Å². The number of nitrogens with zero attached hydrogens (tertiary/aromatic N) is 2. The summed E-state index contributed by atoms with van der Waals surface area (Å²) in [5.74, 6) is -0.776. The molecule has 2 unspecified atom stereocenters. The van der Waals surface area contributed by atoms with Crippen LogP contribution in [0.4, 0.5) is 5.69 Å². The van der Waals surface area contributed by atoms with Gasteiger partial charge in [0, 0.05) is 17.1 Å². The Morgan fingerprint density at radius 2 is 1.61 bits per heavy atom. The van der Waals surface area contributed by atoms with Gasteiger partial charge in [0.25, 0.3) is 10.0 Å². The van der Waals surface area contributed by atoms with Crippen LogP contribution in [-0.4, -0.2) is 43.8 Å². The average molecular weight is 601 g/mol. The third-order valence-corrected chi connectivity index (χ3v) is 8.65. The van der Waals surface area contributed by atoms with Gasteiger partial charge >= 0.3 is 0 Å². The lowest BCUT2D eigenvalue weighted by atomic mass is 10.1. The topological polar surface area (TPSA) is 86.8 Å². The number of nitrogens with one attached hydrogen (secondary N) is 1. The van der Waals surface area contributed by atoms with E-state index in [2.05, 4.69) is 21.2 Å². The summed E-state index contributed by atoms with van der Waals surface area (Å²) in [6, 6.07) is 21.5. The molecule has 38 heavy (non-hydrogen) atoms. The predicted octanol–water partition coefficient (Wildman–Crippen LogP) is 5.28. The third kappa shape index (κ3) is 7.45. The maximum Gasteiger partial charge on any atom is 0.264 e. The quantitative estimate of drug-likeness (QED) is 0.324. The second-order valence-corrected chi connectivity index (χ2v) is 12.1. The molecule has 9 heteroatoms. The fourth-order valence-corrected chi connectivity index (χ4v) is 5.61. The molecule has 3 aromatic rings. The summed E-state index contributed by atoms with van der Waals surface area (Å²) in [5, 5.41) is 2.94. The second-order valence-electron chi connectivity index (χ2n) is 9.31. The average Bonchev–Trinajstić information content (AvgIpc) is 2.90. The van der Waals surface area contributed by atoms with Crippen LogP contribution in [0.15, 0.2) is 88.2 Å². The molecule has 0 bridgehead atoms. The van der Waals surface area contributed by atoms with Gasteiger partial charge < -0.3 is 10.2 Å². The molecule has 1 N–H and O–H groups in total. The number of carbonyl (C=O) groups excluding carboxylic acids is 2. The summed E-state index contributed by atoms with van der Waals surface area (Å²) in [4.78, 5) is 28.5. The van der Waals surface area contributed by atoms with E-state index in [1.54, 1.807) is 49.4 Å². The van der Waals surface area contributed by atoms with E-state index in [9.17, 15) is 18.0 Å². The van der Waals surface area contributed by atoms with Gasteiger partial charge in [-0.05, 0) is 69.2 Å². The fourth-order valence-electron chi connectivity index (χ4n) is 3.91. The van der Waals surface area contributed by atoms with E-state index in [-0.39, 0.29) is 23.4 Å². The Hall–Kier alpha value is -3.17. The normalized spacial score (nSPS) is 12.9. The summed E-state index contributed by atoms with van der Waals surface area (Å²) in [6.07, 6.45) is 0.747. The van der Waals surface area contributed by atoms with E-state index in [0.29, 0.717) is 5.69 Å². The van der Waals surface area contributed by atoms with Crippen molar-refractivity contribution in [1.29, 1.82) is 0 Å². The minimum absolute atomic E-state index is 0.0569. The maximum absolute atomic E-state index is 13.9. The van der Waals surface area contributed by atoms with Gasteiger partial charge in [-0.1, -0.05) is 70.9 Å². The van der Waals surface area contributed by atoms with Gasteiger partial charge in [0.1, 0.15) is 12.6 Å². The molecule has 0 fully saturated rings. The van der Waals surface area contributed by atoms with Gasteiger partial charge in [-0.15, -0.1) is 0 Å². The summed E-state index contributed by atoms with van der Waals surface area (Å²) in [7, 11) is -4.07. The zero-order valence-electron chi connectivity index (χ0n) is 22.1.